The van der Waals surface area contributed by atoms with Gasteiger partial charge in [-0.05, 0) is 48.7 Å². The summed E-state index contributed by atoms with van der Waals surface area (Å²) in [6.07, 6.45) is -2.96. The molecule has 1 fully saturated rings. The molecule has 9 heteroatoms. The van der Waals surface area contributed by atoms with Crippen LogP contribution in [-0.4, -0.2) is 41.5 Å². The molecule has 35 heavy (non-hydrogen) atoms. The van der Waals surface area contributed by atoms with Crippen LogP contribution in [-0.2, 0) is 6.18 Å². The Kier molecular flexibility index (Phi) is 6.57. The molecule has 0 aliphatic carbocycles. The maximum atomic E-state index is 13.0. The summed E-state index contributed by atoms with van der Waals surface area (Å²) in [5, 5.41) is 9.89. The predicted octanol–water partition coefficient (Wildman–Crippen LogP) is 5.71. The van der Waals surface area contributed by atoms with Gasteiger partial charge in [0, 0.05) is 31.2 Å². The van der Waals surface area contributed by atoms with Crippen molar-refractivity contribution in [2.75, 3.05) is 24.5 Å². The number of pyridine rings is 1. The molecular weight excluding hydrogens is 457 g/mol. The molecule has 0 radical (unpaired) electrons. The van der Waals surface area contributed by atoms with Crippen molar-refractivity contribution < 1.29 is 22.4 Å². The number of carbonyl (C=O) groups excluding carboxylic acids is 1. The molecular formula is C26H25F3N4O2. The number of carbonyl (C=O) groups is 1. The van der Waals surface area contributed by atoms with Crippen LogP contribution < -0.4 is 4.90 Å². The third kappa shape index (κ3) is 4.87. The number of aromatic nitrogens is 1. The first-order chi connectivity index (χ1) is 16.6. The zero-order valence-electron chi connectivity index (χ0n) is 19.6. The van der Waals surface area contributed by atoms with Crippen LogP contribution in [0.2, 0.25) is 0 Å². The van der Waals surface area contributed by atoms with Crippen LogP contribution in [0.15, 0.2) is 53.1 Å². The van der Waals surface area contributed by atoms with Gasteiger partial charge < -0.3 is 14.2 Å². The number of nitriles is 1. The van der Waals surface area contributed by atoms with Crippen molar-refractivity contribution in [1.29, 1.82) is 5.26 Å². The minimum Gasteiger partial charge on any atom is -0.459 e. The monoisotopic (exact) mass is 482 g/mol. The van der Waals surface area contributed by atoms with Crippen LogP contribution in [0.4, 0.5) is 19.0 Å². The van der Waals surface area contributed by atoms with Crippen molar-refractivity contribution in [2.45, 2.75) is 38.9 Å². The number of halogens is 3. The van der Waals surface area contributed by atoms with Gasteiger partial charge in [0.05, 0.1) is 23.1 Å². The fourth-order valence-electron chi connectivity index (χ4n) is 4.34. The Labute approximate surface area is 201 Å². The summed E-state index contributed by atoms with van der Waals surface area (Å²) in [5.41, 5.74) is 1.50. The number of anilines is 1. The van der Waals surface area contributed by atoms with E-state index < -0.39 is 11.7 Å². The van der Waals surface area contributed by atoms with E-state index in [4.69, 9.17) is 9.40 Å². The molecule has 0 N–H and O–H groups in total. The lowest BCUT2D eigenvalue weighted by Crippen LogP contribution is -2.54. The van der Waals surface area contributed by atoms with E-state index in [-0.39, 0.29) is 23.6 Å². The maximum absolute atomic E-state index is 13.0. The lowest BCUT2D eigenvalue weighted by Gasteiger charge is -2.40. The van der Waals surface area contributed by atoms with Gasteiger partial charge in [0.15, 0.2) is 5.76 Å². The quantitative estimate of drug-likeness (QED) is 0.477. The maximum Gasteiger partial charge on any atom is 0.416 e. The minimum atomic E-state index is -4.42. The van der Waals surface area contributed by atoms with Gasteiger partial charge in [-0.3, -0.25) is 4.79 Å². The zero-order valence-corrected chi connectivity index (χ0v) is 19.6. The van der Waals surface area contributed by atoms with E-state index in [9.17, 15) is 23.2 Å². The zero-order chi connectivity index (χ0) is 25.3. The van der Waals surface area contributed by atoms with E-state index in [1.165, 1.54) is 18.4 Å². The van der Waals surface area contributed by atoms with Crippen LogP contribution in [0.5, 0.6) is 0 Å². The smallest absolute Gasteiger partial charge is 0.416 e. The lowest BCUT2D eigenvalue weighted by molar-refractivity contribution is -0.137. The Morgan fingerprint density at radius 3 is 2.46 bits per heavy atom. The largest absolute Gasteiger partial charge is 0.459 e. The highest BCUT2D eigenvalue weighted by Crippen LogP contribution is 2.35. The van der Waals surface area contributed by atoms with E-state index >= 15 is 0 Å². The third-order valence-corrected chi connectivity index (χ3v) is 6.14. The summed E-state index contributed by atoms with van der Waals surface area (Å²) in [6.45, 7) is 7.23. The molecule has 2 aromatic heterocycles. The van der Waals surface area contributed by atoms with Crippen LogP contribution in [0.1, 0.15) is 54.1 Å². The van der Waals surface area contributed by atoms with Crippen molar-refractivity contribution in [2.24, 2.45) is 0 Å². The Hall–Kier alpha value is -3.80. The van der Waals surface area contributed by atoms with Gasteiger partial charge in [-0.15, -0.1) is 0 Å². The fourth-order valence-corrected chi connectivity index (χ4v) is 4.34. The second-order valence-electron chi connectivity index (χ2n) is 8.90. The molecule has 1 aliphatic rings. The molecule has 0 unspecified atom stereocenters. The molecule has 0 bridgehead atoms. The number of furan rings is 1. The number of hydrogen-bond donors (Lipinski definition) is 0. The normalized spacial score (nSPS) is 16.5. The average Bonchev–Trinajstić information content (AvgIpc) is 3.37. The van der Waals surface area contributed by atoms with E-state index in [2.05, 4.69) is 6.07 Å². The average molecular weight is 483 g/mol. The summed E-state index contributed by atoms with van der Waals surface area (Å²) in [4.78, 5) is 21.3. The first-order valence-corrected chi connectivity index (χ1v) is 11.3. The van der Waals surface area contributed by atoms with Gasteiger partial charge in [-0.2, -0.15) is 18.4 Å². The highest BCUT2D eigenvalue weighted by atomic mass is 19.4. The van der Waals surface area contributed by atoms with E-state index in [1.807, 2.05) is 25.7 Å². The molecule has 4 rings (SSSR count). The van der Waals surface area contributed by atoms with Crippen LogP contribution in [0.25, 0.3) is 11.1 Å². The molecule has 1 saturated heterocycles. The second kappa shape index (κ2) is 9.45. The summed E-state index contributed by atoms with van der Waals surface area (Å²) < 4.78 is 44.3. The van der Waals surface area contributed by atoms with Crippen molar-refractivity contribution in [1.82, 2.24) is 9.88 Å². The summed E-state index contributed by atoms with van der Waals surface area (Å²) >= 11 is 0. The highest BCUT2D eigenvalue weighted by molar-refractivity contribution is 5.91. The van der Waals surface area contributed by atoms with Gasteiger partial charge in [0.25, 0.3) is 5.91 Å². The highest BCUT2D eigenvalue weighted by Gasteiger charge is 2.32. The standard InChI is InChI=1S/C26H25F3N4O2/c1-16(2)23-21(18-6-8-20(9-7-18)26(27,28)29)13-19(14-30)24(31-23)32-10-11-33(17(3)15-32)25(34)22-5-4-12-35-22/h4-9,12-13,16-17H,10-11,15H2,1-3H3/t17-/m1/s1. The van der Waals surface area contributed by atoms with Crippen molar-refractivity contribution in [3.63, 3.8) is 0 Å². The lowest BCUT2D eigenvalue weighted by atomic mass is 9.95. The molecule has 6 nitrogen and oxygen atoms in total. The number of benzene rings is 1. The Morgan fingerprint density at radius 1 is 1.20 bits per heavy atom. The molecule has 3 heterocycles. The van der Waals surface area contributed by atoms with Gasteiger partial charge in [0.2, 0.25) is 0 Å². The summed E-state index contributed by atoms with van der Waals surface area (Å²) in [6, 6.07) is 11.9. The van der Waals surface area contributed by atoms with E-state index in [0.717, 1.165) is 12.1 Å². The van der Waals surface area contributed by atoms with E-state index in [1.54, 1.807) is 23.1 Å². The van der Waals surface area contributed by atoms with Crippen LogP contribution in [0.3, 0.4) is 0 Å². The van der Waals surface area contributed by atoms with Crippen LogP contribution in [0, 0.1) is 11.3 Å². The number of rotatable bonds is 4. The van der Waals surface area contributed by atoms with Gasteiger partial charge >= 0.3 is 6.18 Å². The van der Waals surface area contributed by atoms with Crippen molar-refractivity contribution in [3.05, 3.63) is 71.3 Å². The van der Waals surface area contributed by atoms with Crippen LogP contribution >= 0.6 is 0 Å². The molecule has 1 aromatic carbocycles. The number of nitrogens with zero attached hydrogens (tertiary/aromatic N) is 4. The Morgan fingerprint density at radius 2 is 1.91 bits per heavy atom. The molecule has 3 aromatic rings. The Balaban J connectivity index is 1.65. The summed E-state index contributed by atoms with van der Waals surface area (Å²) in [5.74, 6) is 0.585. The van der Waals surface area contributed by atoms with Crippen molar-refractivity contribution in [3.8, 4) is 17.2 Å². The topological polar surface area (TPSA) is 73.4 Å². The first-order valence-electron chi connectivity index (χ1n) is 11.3. The number of amides is 1. The third-order valence-electron chi connectivity index (χ3n) is 6.14. The molecule has 182 valence electrons. The fraction of sp³-hybridized carbons (Fsp3) is 0.346. The molecule has 1 aliphatic heterocycles. The Bertz CT molecular complexity index is 1250. The van der Waals surface area contributed by atoms with Crippen molar-refractivity contribution >= 4 is 11.7 Å². The predicted molar refractivity (Wildman–Crippen MR) is 125 cm³/mol. The summed E-state index contributed by atoms with van der Waals surface area (Å²) in [7, 11) is 0. The van der Waals surface area contributed by atoms with Gasteiger partial charge in [0.1, 0.15) is 11.9 Å². The van der Waals surface area contributed by atoms with Gasteiger partial charge in [-0.1, -0.05) is 26.0 Å². The minimum absolute atomic E-state index is 0.0296. The number of hydrogen-bond acceptors (Lipinski definition) is 5. The molecule has 0 saturated carbocycles. The van der Waals surface area contributed by atoms with E-state index in [0.29, 0.717) is 47.8 Å². The SMILES string of the molecule is CC(C)c1nc(N2CCN(C(=O)c3ccco3)[C@H](C)C2)c(C#N)cc1-c1ccc(C(F)(F)F)cc1. The molecule has 1 atom stereocenters. The molecule has 0 spiro atoms. The van der Waals surface area contributed by atoms with Gasteiger partial charge in [-0.25, -0.2) is 4.98 Å². The number of piperazine rings is 1. The first kappa shape index (κ1) is 24.3. The second-order valence-corrected chi connectivity index (χ2v) is 8.90. The molecule has 1 amide bonds. The number of alkyl halides is 3.